The molecule has 0 unspecified atom stereocenters. The molecule has 3 heteroatoms. The Bertz CT molecular complexity index is 283. The number of nitrogens with zero attached hydrogens (tertiary/aromatic N) is 2. The number of hydrogen-bond acceptors (Lipinski definition) is 3. The third-order valence-electron chi connectivity index (χ3n) is 2.92. The summed E-state index contributed by atoms with van der Waals surface area (Å²) < 4.78 is 0. The van der Waals surface area contributed by atoms with E-state index in [4.69, 9.17) is 5.11 Å². The molecule has 1 aromatic heterocycles. The predicted molar refractivity (Wildman–Crippen MR) is 59.6 cm³/mol. The number of aromatic nitrogens is 1. The lowest BCUT2D eigenvalue weighted by Crippen LogP contribution is -2.48. The first-order valence-electron chi connectivity index (χ1n) is 5.61. The van der Waals surface area contributed by atoms with Crippen LogP contribution in [0.4, 0.5) is 0 Å². The highest BCUT2D eigenvalue weighted by atomic mass is 16.3. The van der Waals surface area contributed by atoms with Gasteiger partial charge in [0.25, 0.3) is 0 Å². The van der Waals surface area contributed by atoms with E-state index in [9.17, 15) is 0 Å². The normalized spacial score (nSPS) is 17.7. The molecular weight excluding hydrogens is 188 g/mol. The van der Waals surface area contributed by atoms with Crippen LogP contribution in [0.3, 0.4) is 0 Å². The summed E-state index contributed by atoms with van der Waals surface area (Å²) in [5, 5.41) is 8.87. The molecular formula is C12H18N2O. The highest BCUT2D eigenvalue weighted by molar-refractivity contribution is 5.03. The predicted octanol–water partition coefficient (Wildman–Crippen LogP) is 0.938. The first-order valence-corrected chi connectivity index (χ1v) is 5.61. The highest BCUT2D eigenvalue weighted by Crippen LogP contribution is 2.14. The minimum Gasteiger partial charge on any atom is -0.396 e. The SMILES string of the molecule is OCC1CN(CCCc2ccccn2)C1. The van der Waals surface area contributed by atoms with Crippen molar-refractivity contribution in [1.29, 1.82) is 0 Å². The molecule has 0 aromatic carbocycles. The molecule has 0 atom stereocenters. The fourth-order valence-corrected chi connectivity index (χ4v) is 2.00. The molecule has 2 heterocycles. The zero-order valence-corrected chi connectivity index (χ0v) is 8.97. The number of hydrogen-bond donors (Lipinski definition) is 1. The maximum atomic E-state index is 8.87. The van der Waals surface area contributed by atoms with Gasteiger partial charge in [-0.3, -0.25) is 4.98 Å². The van der Waals surface area contributed by atoms with Gasteiger partial charge in [0.05, 0.1) is 0 Å². The fraction of sp³-hybridized carbons (Fsp3) is 0.583. The van der Waals surface area contributed by atoms with Gasteiger partial charge in [0, 0.05) is 37.5 Å². The quantitative estimate of drug-likeness (QED) is 0.779. The van der Waals surface area contributed by atoms with Crippen LogP contribution in [0.1, 0.15) is 12.1 Å². The van der Waals surface area contributed by atoms with Gasteiger partial charge in [-0.2, -0.15) is 0 Å². The second-order valence-electron chi connectivity index (χ2n) is 4.23. The molecule has 3 nitrogen and oxygen atoms in total. The number of likely N-dealkylation sites (tertiary alicyclic amines) is 1. The summed E-state index contributed by atoms with van der Waals surface area (Å²) in [6.45, 7) is 3.61. The van der Waals surface area contributed by atoms with Gasteiger partial charge in [0.2, 0.25) is 0 Å². The molecule has 0 bridgehead atoms. The first kappa shape index (κ1) is 10.6. The zero-order chi connectivity index (χ0) is 10.5. The molecule has 1 saturated heterocycles. The van der Waals surface area contributed by atoms with Crippen molar-refractivity contribution in [3.63, 3.8) is 0 Å². The van der Waals surface area contributed by atoms with Crippen LogP contribution < -0.4 is 0 Å². The van der Waals surface area contributed by atoms with Gasteiger partial charge in [0.15, 0.2) is 0 Å². The van der Waals surface area contributed by atoms with Crippen LogP contribution in [0.5, 0.6) is 0 Å². The van der Waals surface area contributed by atoms with E-state index in [-0.39, 0.29) is 0 Å². The van der Waals surface area contributed by atoms with E-state index in [1.165, 1.54) is 5.69 Å². The van der Waals surface area contributed by atoms with Crippen molar-refractivity contribution in [1.82, 2.24) is 9.88 Å². The van der Waals surface area contributed by atoms with Gasteiger partial charge in [-0.1, -0.05) is 6.07 Å². The van der Waals surface area contributed by atoms with E-state index in [1.807, 2.05) is 18.3 Å². The van der Waals surface area contributed by atoms with Crippen molar-refractivity contribution in [2.45, 2.75) is 12.8 Å². The van der Waals surface area contributed by atoms with Gasteiger partial charge < -0.3 is 10.0 Å². The lowest BCUT2D eigenvalue weighted by Gasteiger charge is -2.38. The second kappa shape index (κ2) is 5.24. The summed E-state index contributed by atoms with van der Waals surface area (Å²) >= 11 is 0. The maximum absolute atomic E-state index is 8.87. The number of rotatable bonds is 5. The van der Waals surface area contributed by atoms with Crippen molar-refractivity contribution < 1.29 is 5.11 Å². The minimum atomic E-state index is 0.344. The Hall–Kier alpha value is -0.930. The lowest BCUT2D eigenvalue weighted by molar-refractivity contribution is 0.0533. The van der Waals surface area contributed by atoms with Crippen molar-refractivity contribution >= 4 is 0 Å². The average Bonchev–Trinajstić information content (AvgIpc) is 2.23. The molecule has 15 heavy (non-hydrogen) atoms. The Kier molecular flexibility index (Phi) is 3.69. The standard InChI is InChI=1S/C12H18N2O/c15-10-11-8-14(9-11)7-3-5-12-4-1-2-6-13-12/h1-2,4,6,11,15H,3,5,7-10H2. The summed E-state index contributed by atoms with van der Waals surface area (Å²) in [7, 11) is 0. The summed E-state index contributed by atoms with van der Waals surface area (Å²) in [5.74, 6) is 0.528. The van der Waals surface area contributed by atoms with Gasteiger partial charge in [-0.05, 0) is 31.5 Å². The van der Waals surface area contributed by atoms with E-state index < -0.39 is 0 Å². The first-order chi connectivity index (χ1) is 7.38. The Morgan fingerprint density at radius 2 is 2.27 bits per heavy atom. The molecule has 1 aliphatic rings. The maximum Gasteiger partial charge on any atom is 0.0483 e. The Balaban J connectivity index is 1.60. The van der Waals surface area contributed by atoms with Crippen molar-refractivity contribution in [2.75, 3.05) is 26.2 Å². The molecule has 1 aromatic rings. The van der Waals surface area contributed by atoms with Gasteiger partial charge in [-0.25, -0.2) is 0 Å². The Labute approximate surface area is 90.8 Å². The third-order valence-corrected chi connectivity index (χ3v) is 2.92. The summed E-state index contributed by atoms with van der Waals surface area (Å²) in [6.07, 6.45) is 4.07. The molecule has 0 amide bonds. The largest absolute Gasteiger partial charge is 0.396 e. The molecule has 0 radical (unpaired) electrons. The fourth-order valence-electron chi connectivity index (χ4n) is 2.00. The molecule has 1 N–H and O–H groups in total. The molecule has 2 rings (SSSR count). The second-order valence-corrected chi connectivity index (χ2v) is 4.23. The number of aryl methyl sites for hydroxylation is 1. The molecule has 0 aliphatic carbocycles. The molecule has 0 saturated carbocycles. The van der Waals surface area contributed by atoms with E-state index in [0.29, 0.717) is 12.5 Å². The Morgan fingerprint density at radius 1 is 1.40 bits per heavy atom. The smallest absolute Gasteiger partial charge is 0.0483 e. The molecule has 82 valence electrons. The van der Waals surface area contributed by atoms with Crippen LogP contribution in [0.25, 0.3) is 0 Å². The van der Waals surface area contributed by atoms with Crippen molar-refractivity contribution in [2.24, 2.45) is 5.92 Å². The van der Waals surface area contributed by atoms with Gasteiger partial charge >= 0.3 is 0 Å². The molecule has 1 aliphatic heterocycles. The van der Waals surface area contributed by atoms with Crippen LogP contribution in [0.15, 0.2) is 24.4 Å². The minimum absolute atomic E-state index is 0.344. The summed E-state index contributed by atoms with van der Waals surface area (Å²) in [4.78, 5) is 6.68. The average molecular weight is 206 g/mol. The number of aliphatic hydroxyl groups is 1. The van der Waals surface area contributed by atoms with Crippen molar-refractivity contribution in [3.05, 3.63) is 30.1 Å². The van der Waals surface area contributed by atoms with Gasteiger partial charge in [0.1, 0.15) is 0 Å². The van der Waals surface area contributed by atoms with E-state index in [2.05, 4.69) is 16.0 Å². The van der Waals surface area contributed by atoms with E-state index in [0.717, 1.165) is 32.5 Å². The van der Waals surface area contributed by atoms with Crippen LogP contribution in [-0.4, -0.2) is 41.2 Å². The monoisotopic (exact) mass is 206 g/mol. The van der Waals surface area contributed by atoms with Crippen LogP contribution in [0.2, 0.25) is 0 Å². The summed E-state index contributed by atoms with van der Waals surface area (Å²) in [5.41, 5.74) is 1.18. The summed E-state index contributed by atoms with van der Waals surface area (Å²) in [6, 6.07) is 6.06. The van der Waals surface area contributed by atoms with E-state index in [1.54, 1.807) is 0 Å². The molecule has 1 fully saturated rings. The number of pyridine rings is 1. The van der Waals surface area contributed by atoms with Crippen LogP contribution in [0, 0.1) is 5.92 Å². The van der Waals surface area contributed by atoms with Crippen molar-refractivity contribution in [3.8, 4) is 0 Å². The van der Waals surface area contributed by atoms with Crippen LogP contribution >= 0.6 is 0 Å². The Morgan fingerprint density at radius 3 is 2.93 bits per heavy atom. The van der Waals surface area contributed by atoms with Gasteiger partial charge in [-0.15, -0.1) is 0 Å². The highest BCUT2D eigenvalue weighted by Gasteiger charge is 2.24. The number of aliphatic hydroxyl groups excluding tert-OH is 1. The topological polar surface area (TPSA) is 36.4 Å². The van der Waals surface area contributed by atoms with Crippen LogP contribution in [-0.2, 0) is 6.42 Å². The van der Waals surface area contributed by atoms with E-state index >= 15 is 0 Å². The molecule has 0 spiro atoms. The zero-order valence-electron chi connectivity index (χ0n) is 8.97. The lowest BCUT2D eigenvalue weighted by atomic mass is 10.0. The third kappa shape index (κ3) is 3.01.